The first-order valence-electron chi connectivity index (χ1n) is 10.5. The Kier molecular flexibility index (Phi) is 8.55. The number of ether oxygens (including phenoxy) is 2. The topological polar surface area (TPSA) is 158 Å². The molecule has 0 unspecified atom stereocenters. The van der Waals surface area contributed by atoms with E-state index < -0.39 is 15.8 Å². The van der Waals surface area contributed by atoms with Gasteiger partial charge in [-0.3, -0.25) is 25.0 Å². The summed E-state index contributed by atoms with van der Waals surface area (Å²) in [6.07, 6.45) is 1.31. The van der Waals surface area contributed by atoms with E-state index in [0.717, 1.165) is 0 Å². The minimum absolute atomic E-state index is 0.0319. The Labute approximate surface area is 219 Å². The molecule has 0 fully saturated rings. The Morgan fingerprint density at radius 1 is 1.11 bits per heavy atom. The smallest absolute Gasteiger partial charge is 0.293 e. The number of nitrogens with zero attached hydrogens (tertiary/aromatic N) is 3. The van der Waals surface area contributed by atoms with E-state index in [9.17, 15) is 30.3 Å². The van der Waals surface area contributed by atoms with Crippen molar-refractivity contribution in [1.29, 1.82) is 5.26 Å². The third-order valence-electron chi connectivity index (χ3n) is 5.06. The van der Waals surface area contributed by atoms with Crippen molar-refractivity contribution in [3.63, 3.8) is 0 Å². The molecule has 0 aromatic heterocycles. The van der Waals surface area contributed by atoms with Crippen molar-refractivity contribution in [3.05, 3.63) is 102 Å². The van der Waals surface area contributed by atoms with Crippen LogP contribution in [0.25, 0.3) is 6.08 Å². The van der Waals surface area contributed by atoms with E-state index in [4.69, 9.17) is 9.47 Å². The van der Waals surface area contributed by atoms with E-state index in [0.29, 0.717) is 32.7 Å². The third kappa shape index (κ3) is 6.68. The van der Waals surface area contributed by atoms with Gasteiger partial charge < -0.3 is 14.8 Å². The van der Waals surface area contributed by atoms with Crippen molar-refractivity contribution in [2.45, 2.75) is 13.5 Å². The number of nitriles is 1. The van der Waals surface area contributed by atoms with Crippen LogP contribution in [0.1, 0.15) is 16.7 Å². The minimum Gasteiger partial charge on any atom is -0.493 e. The van der Waals surface area contributed by atoms with Crippen molar-refractivity contribution in [2.24, 2.45) is 0 Å². The Hall–Kier alpha value is -4.76. The number of aryl methyl sites for hydroxylation is 1. The molecule has 37 heavy (non-hydrogen) atoms. The molecule has 3 rings (SSSR count). The highest BCUT2D eigenvalue weighted by molar-refractivity contribution is 9.10. The number of methoxy groups -OCH3 is 1. The van der Waals surface area contributed by atoms with Crippen molar-refractivity contribution in [3.8, 4) is 17.6 Å². The molecule has 0 saturated heterocycles. The molecular formula is C25H19BrN4O7. The quantitative estimate of drug-likeness (QED) is 0.149. The number of nitro groups is 2. The third-order valence-corrected chi connectivity index (χ3v) is 5.65. The zero-order valence-electron chi connectivity index (χ0n) is 19.6. The number of carbonyl (C=O) groups excluding carboxylic acids is 1. The van der Waals surface area contributed by atoms with E-state index in [1.54, 1.807) is 43.3 Å². The van der Waals surface area contributed by atoms with Crippen LogP contribution < -0.4 is 14.8 Å². The summed E-state index contributed by atoms with van der Waals surface area (Å²) in [4.78, 5) is 33.7. The molecule has 1 N–H and O–H groups in total. The summed E-state index contributed by atoms with van der Waals surface area (Å²) >= 11 is 3.40. The summed E-state index contributed by atoms with van der Waals surface area (Å²) in [7, 11) is 1.42. The lowest BCUT2D eigenvalue weighted by Gasteiger charge is -2.14. The van der Waals surface area contributed by atoms with Gasteiger partial charge in [0.15, 0.2) is 11.5 Å². The Morgan fingerprint density at radius 3 is 2.41 bits per heavy atom. The molecule has 11 nitrogen and oxygen atoms in total. The largest absolute Gasteiger partial charge is 0.493 e. The fourth-order valence-corrected chi connectivity index (χ4v) is 3.81. The highest BCUT2D eigenvalue weighted by atomic mass is 79.9. The number of non-ortho nitro benzene ring substituents is 1. The fourth-order valence-electron chi connectivity index (χ4n) is 3.24. The highest BCUT2D eigenvalue weighted by Gasteiger charge is 2.19. The van der Waals surface area contributed by atoms with Gasteiger partial charge in [0.2, 0.25) is 0 Å². The first-order valence-corrected chi connectivity index (χ1v) is 11.3. The Bertz CT molecular complexity index is 1450. The van der Waals surface area contributed by atoms with Gasteiger partial charge in [-0.1, -0.05) is 6.07 Å². The summed E-state index contributed by atoms with van der Waals surface area (Å²) < 4.78 is 11.7. The van der Waals surface area contributed by atoms with Crippen molar-refractivity contribution < 1.29 is 24.1 Å². The molecule has 0 saturated carbocycles. The van der Waals surface area contributed by atoms with Gasteiger partial charge >= 0.3 is 0 Å². The number of carbonyl (C=O) groups is 1. The Balaban J connectivity index is 1.83. The summed E-state index contributed by atoms with van der Waals surface area (Å²) in [6, 6.07) is 15.2. The van der Waals surface area contributed by atoms with Crippen LogP contribution in [0.4, 0.5) is 17.1 Å². The van der Waals surface area contributed by atoms with Crippen LogP contribution in [-0.4, -0.2) is 22.9 Å². The molecule has 3 aromatic rings. The van der Waals surface area contributed by atoms with Crippen LogP contribution >= 0.6 is 15.9 Å². The maximum absolute atomic E-state index is 12.7. The molecule has 0 bridgehead atoms. The lowest BCUT2D eigenvalue weighted by atomic mass is 10.1. The van der Waals surface area contributed by atoms with Gasteiger partial charge in [-0.05, 0) is 76.0 Å². The predicted molar refractivity (Wildman–Crippen MR) is 138 cm³/mol. The summed E-state index contributed by atoms with van der Waals surface area (Å²) in [5, 5.41) is 34.1. The van der Waals surface area contributed by atoms with Gasteiger partial charge in [-0.2, -0.15) is 5.26 Å². The van der Waals surface area contributed by atoms with Crippen LogP contribution in [0.2, 0.25) is 0 Å². The molecule has 0 aliphatic rings. The molecular weight excluding hydrogens is 548 g/mol. The van der Waals surface area contributed by atoms with Gasteiger partial charge in [0.05, 0.1) is 21.4 Å². The summed E-state index contributed by atoms with van der Waals surface area (Å²) in [5.74, 6) is -0.173. The van der Waals surface area contributed by atoms with E-state index in [2.05, 4.69) is 21.2 Å². The van der Waals surface area contributed by atoms with Crippen LogP contribution in [0.15, 0.2) is 64.6 Å². The molecule has 12 heteroatoms. The predicted octanol–water partition coefficient (Wildman–Crippen LogP) is 5.71. The van der Waals surface area contributed by atoms with E-state index in [1.807, 2.05) is 0 Å². The second-order valence-electron chi connectivity index (χ2n) is 7.65. The monoisotopic (exact) mass is 566 g/mol. The van der Waals surface area contributed by atoms with Crippen LogP contribution in [-0.2, 0) is 11.4 Å². The average molecular weight is 567 g/mol. The molecule has 0 radical (unpaired) electrons. The van der Waals surface area contributed by atoms with Gasteiger partial charge in [-0.15, -0.1) is 0 Å². The lowest BCUT2D eigenvalue weighted by molar-refractivity contribution is -0.384. The fraction of sp³-hybridized carbons (Fsp3) is 0.120. The molecule has 0 aliphatic heterocycles. The van der Waals surface area contributed by atoms with Crippen molar-refractivity contribution in [1.82, 2.24) is 0 Å². The number of benzene rings is 3. The average Bonchev–Trinajstić information content (AvgIpc) is 2.87. The van der Waals surface area contributed by atoms with Gasteiger partial charge in [0, 0.05) is 18.2 Å². The summed E-state index contributed by atoms with van der Waals surface area (Å²) in [5.41, 5.74) is 1.12. The second-order valence-corrected chi connectivity index (χ2v) is 8.50. The Morgan fingerprint density at radius 2 is 1.81 bits per heavy atom. The first kappa shape index (κ1) is 26.8. The maximum Gasteiger partial charge on any atom is 0.293 e. The number of rotatable bonds is 9. The zero-order chi connectivity index (χ0) is 27.1. The molecule has 0 atom stereocenters. The SMILES string of the molecule is COc1cc(/C=C(\C#N)C(=O)Nc2ccc(C)cc2[N+](=O)[O-])cc(Br)c1OCc1ccc([N+](=O)[O-])cc1. The maximum atomic E-state index is 12.7. The first-order chi connectivity index (χ1) is 17.6. The highest BCUT2D eigenvalue weighted by Crippen LogP contribution is 2.38. The number of hydrogen-bond acceptors (Lipinski definition) is 8. The van der Waals surface area contributed by atoms with Gasteiger partial charge in [0.25, 0.3) is 17.3 Å². The van der Waals surface area contributed by atoms with E-state index in [1.165, 1.54) is 37.5 Å². The molecule has 0 spiro atoms. The van der Waals surface area contributed by atoms with Gasteiger partial charge in [0.1, 0.15) is 23.9 Å². The number of anilines is 1. The van der Waals surface area contributed by atoms with Crippen molar-refractivity contribution in [2.75, 3.05) is 12.4 Å². The van der Waals surface area contributed by atoms with Crippen LogP contribution in [0.3, 0.4) is 0 Å². The van der Waals surface area contributed by atoms with Crippen molar-refractivity contribution >= 4 is 45.0 Å². The zero-order valence-corrected chi connectivity index (χ0v) is 21.1. The van der Waals surface area contributed by atoms with Gasteiger partial charge in [-0.25, -0.2) is 0 Å². The number of nitro benzene ring substituents is 2. The number of nitrogens with one attached hydrogen (secondary N) is 1. The molecule has 3 aromatic carbocycles. The number of hydrogen-bond donors (Lipinski definition) is 1. The molecule has 1 amide bonds. The molecule has 188 valence electrons. The van der Waals surface area contributed by atoms with E-state index >= 15 is 0 Å². The van der Waals surface area contributed by atoms with Crippen LogP contribution in [0, 0.1) is 38.5 Å². The van der Waals surface area contributed by atoms with E-state index in [-0.39, 0.29) is 29.2 Å². The second kappa shape index (κ2) is 11.8. The lowest BCUT2D eigenvalue weighted by Crippen LogP contribution is -2.14. The number of amides is 1. The minimum atomic E-state index is -0.817. The molecule has 0 heterocycles. The standard InChI is InChI=1S/C25H19BrN4O7/c1-15-3-8-21(22(9-15)30(34)35)28-25(31)18(13-27)10-17-11-20(26)24(23(12-17)36-2)37-14-16-4-6-19(7-5-16)29(32)33/h3-12H,14H2,1-2H3,(H,28,31)/b18-10+. The summed E-state index contributed by atoms with van der Waals surface area (Å²) in [6.45, 7) is 1.78. The molecule has 0 aliphatic carbocycles. The normalized spacial score (nSPS) is 10.8. The van der Waals surface area contributed by atoms with Crippen LogP contribution in [0.5, 0.6) is 11.5 Å². The number of halogens is 1.